The van der Waals surface area contributed by atoms with Gasteiger partial charge in [-0.15, -0.1) is 0 Å². The van der Waals surface area contributed by atoms with Crippen LogP contribution in [0.3, 0.4) is 0 Å². The summed E-state index contributed by atoms with van der Waals surface area (Å²) >= 11 is 0. The Kier molecular flexibility index (Phi) is 31.6. The Morgan fingerprint density at radius 2 is 1.42 bits per heavy atom. The van der Waals surface area contributed by atoms with Gasteiger partial charge in [-0.3, -0.25) is 4.85 Å². The molecule has 0 aromatic carbocycles. The lowest BCUT2D eigenvalue weighted by atomic mass is 10.5. The van der Waals surface area contributed by atoms with Gasteiger partial charge in [-0.05, 0) is 21.1 Å². The van der Waals surface area contributed by atoms with E-state index in [0.29, 0.717) is 13.3 Å². The first kappa shape index (κ1) is 28.0. The van der Waals surface area contributed by atoms with Crippen molar-refractivity contribution in [3.63, 3.8) is 0 Å². The molecule has 0 aliphatic rings. The molecular formula is C16H39N5O3. The summed E-state index contributed by atoms with van der Waals surface area (Å²) in [5.41, 5.74) is 5.32. The van der Waals surface area contributed by atoms with E-state index >= 15 is 0 Å². The fraction of sp³-hybridized carbons (Fsp3) is 0.938. The molecule has 24 heavy (non-hydrogen) atoms. The third-order valence-electron chi connectivity index (χ3n) is 2.73. The number of nitrogens with two attached hydrogens (primary N) is 1. The fourth-order valence-corrected chi connectivity index (χ4v) is 1.22. The van der Waals surface area contributed by atoms with Crippen LogP contribution >= 0.6 is 0 Å². The van der Waals surface area contributed by atoms with Gasteiger partial charge in [-0.2, -0.15) is 0 Å². The summed E-state index contributed by atoms with van der Waals surface area (Å²) in [5, 5.41) is 2.94. The third kappa shape index (κ3) is 33.0. The highest BCUT2D eigenvalue weighted by Gasteiger charge is 1.96. The molecule has 8 heteroatoms. The molecule has 0 unspecified atom stereocenters. The van der Waals surface area contributed by atoms with Gasteiger partial charge in [0.05, 0.1) is 19.8 Å². The van der Waals surface area contributed by atoms with Crippen molar-refractivity contribution in [2.24, 2.45) is 5.73 Å². The number of hydrogen-bond acceptors (Lipinski definition) is 7. The van der Waals surface area contributed by atoms with E-state index in [2.05, 4.69) is 15.1 Å². The highest BCUT2D eigenvalue weighted by atomic mass is 16.5. The minimum atomic E-state index is 0.462. The Morgan fingerprint density at radius 1 is 0.917 bits per heavy atom. The van der Waals surface area contributed by atoms with Crippen molar-refractivity contribution in [3.8, 4) is 0 Å². The van der Waals surface area contributed by atoms with Crippen molar-refractivity contribution in [2.45, 2.75) is 0 Å². The SMILES string of the molecule is CNCCOC.COCCN(C)CCN.[C-]#[N+]CN(C)CCOC. The molecule has 0 heterocycles. The first-order chi connectivity index (χ1) is 11.5. The molecule has 0 radical (unpaired) electrons. The molecule has 0 saturated carbocycles. The second-order valence-corrected chi connectivity index (χ2v) is 5.05. The second-order valence-electron chi connectivity index (χ2n) is 5.05. The van der Waals surface area contributed by atoms with Gasteiger partial charge in [0.25, 0.3) is 6.67 Å². The van der Waals surface area contributed by atoms with E-state index in [1.165, 1.54) is 0 Å². The summed E-state index contributed by atoms with van der Waals surface area (Å²) in [6.45, 7) is 13.7. The number of methoxy groups -OCH3 is 3. The molecule has 0 aromatic rings. The molecule has 8 nitrogen and oxygen atoms in total. The van der Waals surface area contributed by atoms with Gasteiger partial charge < -0.3 is 30.2 Å². The van der Waals surface area contributed by atoms with Crippen LogP contribution < -0.4 is 11.1 Å². The molecule has 0 fully saturated rings. The van der Waals surface area contributed by atoms with Crippen LogP contribution in [-0.2, 0) is 14.2 Å². The first-order valence-corrected chi connectivity index (χ1v) is 8.05. The van der Waals surface area contributed by atoms with Gasteiger partial charge in [0.1, 0.15) is 0 Å². The highest BCUT2D eigenvalue weighted by molar-refractivity contribution is 4.57. The van der Waals surface area contributed by atoms with Gasteiger partial charge >= 0.3 is 0 Å². The van der Waals surface area contributed by atoms with Crippen LogP contribution in [0.25, 0.3) is 4.85 Å². The van der Waals surface area contributed by atoms with Crippen molar-refractivity contribution < 1.29 is 14.2 Å². The molecule has 0 saturated heterocycles. The summed E-state index contributed by atoms with van der Waals surface area (Å²) in [4.78, 5) is 7.26. The lowest BCUT2D eigenvalue weighted by Crippen LogP contribution is -2.28. The Hall–Kier alpha value is -0.790. The molecule has 0 bridgehead atoms. The van der Waals surface area contributed by atoms with Crippen molar-refractivity contribution in [1.29, 1.82) is 0 Å². The molecule has 0 atom stereocenters. The van der Waals surface area contributed by atoms with Crippen molar-refractivity contribution in [3.05, 3.63) is 11.4 Å². The maximum absolute atomic E-state index is 6.51. The van der Waals surface area contributed by atoms with E-state index in [0.717, 1.165) is 45.9 Å². The van der Waals surface area contributed by atoms with Crippen LogP contribution in [0.2, 0.25) is 0 Å². The Bertz CT molecular complexity index is 248. The summed E-state index contributed by atoms with van der Waals surface area (Å²) in [6, 6.07) is 0. The summed E-state index contributed by atoms with van der Waals surface area (Å²) in [5.74, 6) is 0. The van der Waals surface area contributed by atoms with Crippen LogP contribution in [0.15, 0.2) is 0 Å². The first-order valence-electron chi connectivity index (χ1n) is 8.05. The number of nitrogens with one attached hydrogen (secondary N) is 1. The van der Waals surface area contributed by atoms with Gasteiger partial charge in [0.15, 0.2) is 0 Å². The number of hydrogen-bond donors (Lipinski definition) is 2. The van der Waals surface area contributed by atoms with Crippen LogP contribution in [0.4, 0.5) is 0 Å². The Morgan fingerprint density at radius 3 is 1.75 bits per heavy atom. The maximum Gasteiger partial charge on any atom is 0.270 e. The van der Waals surface area contributed by atoms with E-state index in [4.69, 9.17) is 26.5 Å². The number of ether oxygens (including phenoxy) is 3. The largest absolute Gasteiger partial charge is 0.383 e. The van der Waals surface area contributed by atoms with E-state index in [1.54, 1.807) is 21.3 Å². The zero-order valence-corrected chi connectivity index (χ0v) is 16.5. The number of nitrogens with zero attached hydrogens (tertiary/aromatic N) is 3. The van der Waals surface area contributed by atoms with Crippen LogP contribution in [0.1, 0.15) is 0 Å². The molecule has 0 aliphatic carbocycles. The lowest BCUT2D eigenvalue weighted by Gasteiger charge is -2.13. The van der Waals surface area contributed by atoms with Crippen LogP contribution in [0, 0.1) is 6.57 Å². The normalized spacial score (nSPS) is 9.83. The molecule has 0 rings (SSSR count). The van der Waals surface area contributed by atoms with E-state index in [9.17, 15) is 0 Å². The molecule has 0 amide bonds. The minimum absolute atomic E-state index is 0.462. The standard InChI is InChI=1S/C6H12N2O.C6H16N2O.C4H11NO/c1-7-6-8(2)4-5-9-3;1-8(4-3-7)5-6-9-2;1-5-3-4-6-2/h4-6H2,2-3H3;3-7H2,1-2H3;5H,3-4H2,1-2H3. The monoisotopic (exact) mass is 349 g/mol. The molecule has 0 aliphatic heterocycles. The molecular weight excluding hydrogens is 310 g/mol. The van der Waals surface area contributed by atoms with Gasteiger partial charge in [-0.25, -0.2) is 11.5 Å². The van der Waals surface area contributed by atoms with Gasteiger partial charge in [0, 0.05) is 54.1 Å². The summed E-state index contributed by atoms with van der Waals surface area (Å²) in [6.07, 6.45) is 0. The lowest BCUT2D eigenvalue weighted by molar-refractivity contribution is 0.163. The summed E-state index contributed by atoms with van der Waals surface area (Å²) in [7, 11) is 10.9. The van der Waals surface area contributed by atoms with E-state index < -0.39 is 0 Å². The molecule has 0 spiro atoms. The van der Waals surface area contributed by atoms with Crippen LogP contribution in [0.5, 0.6) is 0 Å². The minimum Gasteiger partial charge on any atom is -0.383 e. The predicted octanol–water partition coefficient (Wildman–Crippen LogP) is -0.183. The van der Waals surface area contributed by atoms with Gasteiger partial charge in [-0.1, -0.05) is 0 Å². The van der Waals surface area contributed by atoms with Crippen molar-refractivity contribution in [1.82, 2.24) is 15.1 Å². The smallest absolute Gasteiger partial charge is 0.270 e. The summed E-state index contributed by atoms with van der Waals surface area (Å²) < 4.78 is 14.4. The number of rotatable bonds is 12. The molecule has 3 N–H and O–H groups in total. The molecule has 0 aromatic heterocycles. The molecule has 146 valence electrons. The topological polar surface area (TPSA) is 76.6 Å². The second kappa shape index (κ2) is 27.1. The van der Waals surface area contributed by atoms with E-state index in [1.807, 2.05) is 26.0 Å². The van der Waals surface area contributed by atoms with Gasteiger partial charge in [0.2, 0.25) is 0 Å². The zero-order valence-electron chi connectivity index (χ0n) is 16.5. The van der Waals surface area contributed by atoms with Crippen molar-refractivity contribution in [2.75, 3.05) is 102 Å². The van der Waals surface area contributed by atoms with Crippen molar-refractivity contribution >= 4 is 0 Å². The Labute approximate surface area is 149 Å². The quantitative estimate of drug-likeness (QED) is 0.374. The Balaban J connectivity index is -0.000000282. The van der Waals surface area contributed by atoms with Crippen LogP contribution in [-0.4, -0.2) is 111 Å². The zero-order chi connectivity index (χ0) is 19.1. The third-order valence-corrected chi connectivity index (χ3v) is 2.73. The average Bonchev–Trinajstić information content (AvgIpc) is 2.58. The highest BCUT2D eigenvalue weighted by Crippen LogP contribution is 1.81. The van der Waals surface area contributed by atoms with E-state index in [-0.39, 0.29) is 0 Å². The average molecular weight is 350 g/mol. The number of likely N-dealkylation sites (N-methyl/N-ethyl adjacent to an activating group) is 3. The fourth-order valence-electron chi connectivity index (χ4n) is 1.22. The predicted molar refractivity (Wildman–Crippen MR) is 100 cm³/mol. The maximum atomic E-state index is 6.51.